The predicted molar refractivity (Wildman–Crippen MR) is 59.7 cm³/mol. The Hall–Kier alpha value is -2.01. The van der Waals surface area contributed by atoms with E-state index in [4.69, 9.17) is 21.1 Å². The number of furan rings is 1. The second kappa shape index (κ2) is 4.47. The van der Waals surface area contributed by atoms with Gasteiger partial charge in [-0.15, -0.1) is 0 Å². The van der Waals surface area contributed by atoms with Crippen molar-refractivity contribution in [3.63, 3.8) is 0 Å². The van der Waals surface area contributed by atoms with Crippen LogP contribution in [-0.4, -0.2) is 11.0 Å². The van der Waals surface area contributed by atoms with Gasteiger partial charge in [-0.05, 0) is 29.8 Å². The number of halogens is 2. The summed E-state index contributed by atoms with van der Waals surface area (Å²) in [6, 6.07) is 4.77. The highest BCUT2D eigenvalue weighted by Gasteiger charge is 2.14. The minimum absolute atomic E-state index is 0.0509. The van der Waals surface area contributed by atoms with Crippen LogP contribution in [0.3, 0.4) is 0 Å². The lowest BCUT2D eigenvalue weighted by Gasteiger charge is -2.05. The molecule has 88 valence electrons. The number of aromatic hydroxyl groups is 1. The fourth-order valence-corrected chi connectivity index (χ4v) is 1.45. The predicted octanol–water partition coefficient (Wildman–Crippen LogP) is 3.03. The van der Waals surface area contributed by atoms with Crippen LogP contribution in [0.4, 0.5) is 10.1 Å². The Bertz CT molecular complexity index is 568. The molecule has 2 aromatic rings. The molecule has 0 aliphatic carbocycles. The number of nitrogens with one attached hydrogen (secondary N) is 1. The first-order valence-corrected chi connectivity index (χ1v) is 4.98. The Morgan fingerprint density at radius 1 is 1.41 bits per heavy atom. The monoisotopic (exact) mass is 255 g/mol. The molecule has 6 heteroatoms. The molecule has 1 amide bonds. The second-order valence-corrected chi connectivity index (χ2v) is 3.57. The van der Waals surface area contributed by atoms with E-state index >= 15 is 0 Å². The van der Waals surface area contributed by atoms with Crippen LogP contribution in [0.25, 0.3) is 0 Å². The van der Waals surface area contributed by atoms with E-state index in [0.29, 0.717) is 0 Å². The highest BCUT2D eigenvalue weighted by Crippen LogP contribution is 2.22. The maximum Gasteiger partial charge on any atom is 0.260 e. The number of rotatable bonds is 2. The van der Waals surface area contributed by atoms with Crippen LogP contribution >= 0.6 is 11.6 Å². The molecule has 4 nitrogen and oxygen atoms in total. The van der Waals surface area contributed by atoms with E-state index in [1.165, 1.54) is 24.5 Å². The summed E-state index contributed by atoms with van der Waals surface area (Å²) in [6.07, 6.45) is 1.25. The number of phenolic OH excluding ortho intramolecular Hbond substituents is 1. The molecule has 0 saturated carbocycles. The van der Waals surface area contributed by atoms with Crippen LogP contribution < -0.4 is 5.32 Å². The molecule has 0 unspecified atom stereocenters. The Morgan fingerprint density at radius 2 is 2.18 bits per heavy atom. The SMILES string of the molecule is O=C(Nc1ccc(O)cc1F)c1ccoc1Cl. The molecule has 0 radical (unpaired) electrons. The van der Waals surface area contributed by atoms with Gasteiger partial charge in [-0.2, -0.15) is 0 Å². The van der Waals surface area contributed by atoms with Crippen molar-refractivity contribution in [2.45, 2.75) is 0 Å². The van der Waals surface area contributed by atoms with Gasteiger partial charge in [0.05, 0.1) is 17.5 Å². The first kappa shape index (κ1) is 11.5. The fourth-order valence-electron chi connectivity index (χ4n) is 1.25. The largest absolute Gasteiger partial charge is 0.508 e. The van der Waals surface area contributed by atoms with Crippen molar-refractivity contribution in [3.05, 3.63) is 47.1 Å². The lowest BCUT2D eigenvalue weighted by atomic mass is 10.2. The van der Waals surface area contributed by atoms with Gasteiger partial charge in [-0.1, -0.05) is 0 Å². The average Bonchev–Trinajstić information content (AvgIpc) is 2.68. The molecular weight excluding hydrogens is 249 g/mol. The zero-order chi connectivity index (χ0) is 12.4. The summed E-state index contributed by atoms with van der Waals surface area (Å²) >= 11 is 5.60. The number of benzene rings is 1. The van der Waals surface area contributed by atoms with Crippen LogP contribution in [0, 0.1) is 5.82 Å². The normalized spacial score (nSPS) is 10.2. The Labute approximate surface area is 101 Å². The van der Waals surface area contributed by atoms with E-state index in [-0.39, 0.29) is 22.2 Å². The van der Waals surface area contributed by atoms with Crippen molar-refractivity contribution < 1.29 is 18.7 Å². The molecule has 2 N–H and O–H groups in total. The Kier molecular flexibility index (Phi) is 3.01. The molecular formula is C11H7ClFNO3. The molecule has 0 atom stereocenters. The number of phenols is 1. The van der Waals surface area contributed by atoms with Crippen LogP contribution in [0.2, 0.25) is 5.22 Å². The number of hydrogen-bond donors (Lipinski definition) is 2. The van der Waals surface area contributed by atoms with Gasteiger partial charge in [0.25, 0.3) is 5.91 Å². The smallest absolute Gasteiger partial charge is 0.260 e. The molecule has 0 fully saturated rings. The van der Waals surface area contributed by atoms with Gasteiger partial charge in [0.1, 0.15) is 11.6 Å². The molecule has 0 saturated heterocycles. The highest BCUT2D eigenvalue weighted by atomic mass is 35.5. The molecule has 1 heterocycles. The summed E-state index contributed by atoms with van der Waals surface area (Å²) in [5, 5.41) is 11.3. The first-order valence-electron chi connectivity index (χ1n) is 4.61. The average molecular weight is 256 g/mol. The highest BCUT2D eigenvalue weighted by molar-refractivity contribution is 6.32. The molecule has 0 bridgehead atoms. The van der Waals surface area contributed by atoms with Crippen LogP contribution in [0.15, 0.2) is 34.9 Å². The van der Waals surface area contributed by atoms with E-state index in [9.17, 15) is 9.18 Å². The summed E-state index contributed by atoms with van der Waals surface area (Å²) < 4.78 is 18.1. The van der Waals surface area contributed by atoms with Crippen LogP contribution in [0.1, 0.15) is 10.4 Å². The van der Waals surface area contributed by atoms with Crippen molar-refractivity contribution in [3.8, 4) is 5.75 Å². The summed E-state index contributed by atoms with van der Waals surface area (Å²) in [5.41, 5.74) is 0.0595. The van der Waals surface area contributed by atoms with Gasteiger partial charge < -0.3 is 14.8 Å². The maximum absolute atomic E-state index is 13.3. The van der Waals surface area contributed by atoms with Gasteiger partial charge in [0.15, 0.2) is 0 Å². The molecule has 0 aliphatic heterocycles. The fraction of sp³-hybridized carbons (Fsp3) is 0. The standard InChI is InChI=1S/C11H7ClFNO3/c12-10-7(3-4-17-10)11(16)14-9-2-1-6(15)5-8(9)13/h1-5,15H,(H,14,16). The maximum atomic E-state index is 13.3. The third-order valence-electron chi connectivity index (χ3n) is 2.06. The molecule has 0 spiro atoms. The van der Waals surface area contributed by atoms with E-state index in [2.05, 4.69) is 5.32 Å². The lowest BCUT2D eigenvalue weighted by Crippen LogP contribution is -2.12. The van der Waals surface area contributed by atoms with E-state index in [0.717, 1.165) is 6.07 Å². The molecule has 17 heavy (non-hydrogen) atoms. The number of hydrogen-bond acceptors (Lipinski definition) is 3. The van der Waals surface area contributed by atoms with Gasteiger partial charge in [0, 0.05) is 6.07 Å². The summed E-state index contributed by atoms with van der Waals surface area (Å²) in [5.74, 6) is -1.55. The first-order chi connectivity index (χ1) is 8.08. The zero-order valence-corrected chi connectivity index (χ0v) is 9.16. The van der Waals surface area contributed by atoms with Gasteiger partial charge in [0.2, 0.25) is 5.22 Å². The van der Waals surface area contributed by atoms with Gasteiger partial charge >= 0.3 is 0 Å². The summed E-state index contributed by atoms with van der Waals surface area (Å²) in [6.45, 7) is 0. The van der Waals surface area contributed by atoms with Crippen LogP contribution in [-0.2, 0) is 0 Å². The number of amides is 1. The van der Waals surface area contributed by atoms with Gasteiger partial charge in [-0.3, -0.25) is 4.79 Å². The lowest BCUT2D eigenvalue weighted by molar-refractivity contribution is 0.102. The molecule has 0 aliphatic rings. The zero-order valence-electron chi connectivity index (χ0n) is 8.41. The number of carbonyl (C=O) groups is 1. The minimum Gasteiger partial charge on any atom is -0.508 e. The quantitative estimate of drug-likeness (QED) is 0.811. The van der Waals surface area contributed by atoms with E-state index < -0.39 is 11.7 Å². The van der Waals surface area contributed by atoms with Crippen molar-refractivity contribution in [1.29, 1.82) is 0 Å². The molecule has 1 aromatic heterocycles. The number of anilines is 1. The summed E-state index contributed by atoms with van der Waals surface area (Å²) in [4.78, 5) is 11.6. The minimum atomic E-state index is -0.738. The van der Waals surface area contributed by atoms with Crippen LogP contribution in [0.5, 0.6) is 5.75 Å². The Morgan fingerprint density at radius 3 is 2.76 bits per heavy atom. The van der Waals surface area contributed by atoms with E-state index in [1.807, 2.05) is 0 Å². The van der Waals surface area contributed by atoms with Crippen molar-refractivity contribution in [1.82, 2.24) is 0 Å². The topological polar surface area (TPSA) is 62.5 Å². The number of carbonyl (C=O) groups excluding carboxylic acids is 1. The third-order valence-corrected chi connectivity index (χ3v) is 2.36. The van der Waals surface area contributed by atoms with Crippen molar-refractivity contribution in [2.24, 2.45) is 0 Å². The second-order valence-electron chi connectivity index (χ2n) is 3.23. The van der Waals surface area contributed by atoms with E-state index in [1.54, 1.807) is 0 Å². The van der Waals surface area contributed by atoms with Crippen molar-refractivity contribution in [2.75, 3.05) is 5.32 Å². The third kappa shape index (κ3) is 2.39. The molecule has 1 aromatic carbocycles. The van der Waals surface area contributed by atoms with Gasteiger partial charge in [-0.25, -0.2) is 4.39 Å². The summed E-state index contributed by atoms with van der Waals surface area (Å²) in [7, 11) is 0. The molecule has 2 rings (SSSR count). The van der Waals surface area contributed by atoms with Crippen molar-refractivity contribution >= 4 is 23.2 Å². The Balaban J connectivity index is 2.22.